The molecule has 1 N–H and O–H groups in total. The summed E-state index contributed by atoms with van der Waals surface area (Å²) in [6.45, 7) is 1.94. The first-order valence-electron chi connectivity index (χ1n) is 8.56. The molecule has 28 heavy (non-hydrogen) atoms. The highest BCUT2D eigenvalue weighted by Crippen LogP contribution is 2.34. The van der Waals surface area contributed by atoms with Gasteiger partial charge < -0.3 is 5.11 Å². The van der Waals surface area contributed by atoms with E-state index in [9.17, 15) is 22.7 Å². The van der Waals surface area contributed by atoms with Gasteiger partial charge in [-0.15, -0.1) is 0 Å². The molecule has 0 unspecified atom stereocenters. The zero-order chi connectivity index (χ0) is 20.7. The Hall–Kier alpha value is -2.68. The maximum Gasteiger partial charge on any atom is 0.408 e. The van der Waals surface area contributed by atoms with E-state index in [1.165, 1.54) is 24.5 Å². The molecule has 1 aromatic carbocycles. The van der Waals surface area contributed by atoms with Crippen LogP contribution in [-0.2, 0) is 25.6 Å². The molecule has 2 heterocycles. The summed E-state index contributed by atoms with van der Waals surface area (Å²) in [5.41, 5.74) is 1.48. The van der Waals surface area contributed by atoms with Gasteiger partial charge in [0.25, 0.3) is 0 Å². The summed E-state index contributed by atoms with van der Waals surface area (Å²) in [5, 5.41) is 18.6. The highest BCUT2D eigenvalue weighted by molar-refractivity contribution is 5.68. The van der Waals surface area contributed by atoms with Gasteiger partial charge in [0.2, 0.25) is 0 Å². The minimum atomic E-state index is -4.35. The number of nitrogens with zero attached hydrogens (tertiary/aromatic N) is 4. The molecule has 5 nitrogen and oxygen atoms in total. The van der Waals surface area contributed by atoms with Crippen LogP contribution in [0.2, 0.25) is 0 Å². The second-order valence-electron chi connectivity index (χ2n) is 7.26. The van der Waals surface area contributed by atoms with Gasteiger partial charge in [-0.2, -0.15) is 23.4 Å². The lowest BCUT2D eigenvalue weighted by Gasteiger charge is -2.21. The van der Waals surface area contributed by atoms with Crippen molar-refractivity contribution in [1.82, 2.24) is 19.6 Å². The molecule has 0 radical (unpaired) electrons. The minimum Gasteiger partial charge on any atom is -0.386 e. The fourth-order valence-electron chi connectivity index (χ4n) is 3.11. The number of hydrogen-bond donors (Lipinski definition) is 1. The largest absolute Gasteiger partial charge is 0.408 e. The fourth-order valence-corrected chi connectivity index (χ4v) is 3.11. The zero-order valence-electron chi connectivity index (χ0n) is 15.6. The first-order chi connectivity index (χ1) is 12.9. The summed E-state index contributed by atoms with van der Waals surface area (Å²) in [6, 6.07) is 4.08. The molecule has 0 aliphatic rings. The number of alkyl halides is 3. The Bertz CT molecular complexity index is 983. The Morgan fingerprint density at radius 3 is 2.50 bits per heavy atom. The third-order valence-electron chi connectivity index (χ3n) is 4.22. The Morgan fingerprint density at radius 2 is 1.86 bits per heavy atom. The van der Waals surface area contributed by atoms with Gasteiger partial charge in [-0.25, -0.2) is 4.39 Å². The van der Waals surface area contributed by atoms with E-state index in [4.69, 9.17) is 0 Å². The van der Waals surface area contributed by atoms with Gasteiger partial charge >= 0.3 is 6.18 Å². The molecule has 0 saturated carbocycles. The fraction of sp³-hybridized carbons (Fsp3) is 0.368. The summed E-state index contributed by atoms with van der Waals surface area (Å²) in [5.74, 6) is -0.480. The maximum absolute atomic E-state index is 13.7. The average Bonchev–Trinajstić information content (AvgIpc) is 3.11. The molecule has 2 aromatic heterocycles. The van der Waals surface area contributed by atoms with Crippen molar-refractivity contribution in [3.05, 3.63) is 59.3 Å². The topological polar surface area (TPSA) is 55.9 Å². The van der Waals surface area contributed by atoms with Crippen LogP contribution < -0.4 is 0 Å². The van der Waals surface area contributed by atoms with Gasteiger partial charge in [-0.1, -0.05) is 0 Å². The van der Waals surface area contributed by atoms with Crippen LogP contribution in [0.5, 0.6) is 0 Å². The maximum atomic E-state index is 13.7. The van der Waals surface area contributed by atoms with Crippen LogP contribution in [0.25, 0.3) is 11.3 Å². The lowest BCUT2D eigenvalue weighted by Crippen LogP contribution is -2.17. The molecule has 0 amide bonds. The number of rotatable bonds is 5. The summed E-state index contributed by atoms with van der Waals surface area (Å²) in [6.07, 6.45) is 0.409. The molecule has 0 aliphatic carbocycles. The van der Waals surface area contributed by atoms with E-state index in [0.717, 1.165) is 10.2 Å². The molecular formula is C19H20F4N4O. The molecule has 0 saturated heterocycles. The van der Waals surface area contributed by atoms with Crippen LogP contribution in [0, 0.1) is 5.82 Å². The van der Waals surface area contributed by atoms with Gasteiger partial charge in [0, 0.05) is 37.0 Å². The molecular weight excluding hydrogens is 376 g/mol. The number of benzene rings is 1. The Morgan fingerprint density at radius 1 is 1.14 bits per heavy atom. The summed E-state index contributed by atoms with van der Waals surface area (Å²) >= 11 is 0. The minimum absolute atomic E-state index is 0.295. The SMILES string of the molecule is Cn1cc(Cc2cnn(CC(F)(F)F)c2)c(-c2ccc(F)cc2C(C)(C)O)n1. The number of aryl methyl sites for hydroxylation is 1. The molecule has 0 fully saturated rings. The predicted molar refractivity (Wildman–Crippen MR) is 94.9 cm³/mol. The second kappa shape index (κ2) is 7.05. The molecule has 0 aliphatic heterocycles. The van der Waals surface area contributed by atoms with Crippen molar-refractivity contribution in [1.29, 1.82) is 0 Å². The zero-order valence-corrected chi connectivity index (χ0v) is 15.6. The lowest BCUT2D eigenvalue weighted by atomic mass is 9.90. The highest BCUT2D eigenvalue weighted by atomic mass is 19.4. The van der Waals surface area contributed by atoms with E-state index in [-0.39, 0.29) is 0 Å². The van der Waals surface area contributed by atoms with E-state index in [0.29, 0.717) is 28.8 Å². The van der Waals surface area contributed by atoms with Crippen LogP contribution in [0.4, 0.5) is 17.6 Å². The van der Waals surface area contributed by atoms with Crippen LogP contribution in [0.1, 0.15) is 30.5 Å². The summed E-state index contributed by atoms with van der Waals surface area (Å²) < 4.78 is 53.7. The number of aliphatic hydroxyl groups is 1. The van der Waals surface area contributed by atoms with Gasteiger partial charge in [0.15, 0.2) is 0 Å². The molecule has 0 spiro atoms. The van der Waals surface area contributed by atoms with E-state index in [1.807, 2.05) is 0 Å². The Kier molecular flexibility index (Phi) is 5.05. The van der Waals surface area contributed by atoms with Gasteiger partial charge in [0.1, 0.15) is 12.4 Å². The first kappa shape index (κ1) is 20.1. The van der Waals surface area contributed by atoms with Crippen molar-refractivity contribution in [3.8, 4) is 11.3 Å². The van der Waals surface area contributed by atoms with E-state index < -0.39 is 24.1 Å². The van der Waals surface area contributed by atoms with Crippen molar-refractivity contribution in [2.75, 3.05) is 0 Å². The van der Waals surface area contributed by atoms with Crippen LogP contribution in [-0.4, -0.2) is 30.8 Å². The normalized spacial score (nSPS) is 12.6. The number of hydrogen-bond acceptors (Lipinski definition) is 3. The van der Waals surface area contributed by atoms with Gasteiger partial charge in [-0.05, 0) is 43.2 Å². The monoisotopic (exact) mass is 396 g/mol. The molecule has 3 rings (SSSR count). The predicted octanol–water partition coefficient (Wildman–Crippen LogP) is 3.80. The quantitative estimate of drug-likeness (QED) is 0.668. The number of aromatic nitrogens is 4. The second-order valence-corrected chi connectivity index (χ2v) is 7.26. The van der Waals surface area contributed by atoms with Crippen molar-refractivity contribution in [3.63, 3.8) is 0 Å². The van der Waals surface area contributed by atoms with Crippen LogP contribution in [0.15, 0.2) is 36.8 Å². The molecule has 9 heteroatoms. The lowest BCUT2D eigenvalue weighted by molar-refractivity contribution is -0.142. The Labute approximate surface area is 159 Å². The summed E-state index contributed by atoms with van der Waals surface area (Å²) in [4.78, 5) is 0. The van der Waals surface area contributed by atoms with Crippen molar-refractivity contribution in [2.24, 2.45) is 7.05 Å². The van der Waals surface area contributed by atoms with Crippen molar-refractivity contribution >= 4 is 0 Å². The highest BCUT2D eigenvalue weighted by Gasteiger charge is 2.28. The van der Waals surface area contributed by atoms with E-state index in [2.05, 4.69) is 10.2 Å². The van der Waals surface area contributed by atoms with Gasteiger partial charge in [0.05, 0.1) is 17.5 Å². The van der Waals surface area contributed by atoms with Gasteiger partial charge in [-0.3, -0.25) is 9.36 Å². The smallest absolute Gasteiger partial charge is 0.386 e. The Balaban J connectivity index is 1.98. The molecule has 150 valence electrons. The molecule has 0 atom stereocenters. The first-order valence-corrected chi connectivity index (χ1v) is 8.56. The van der Waals surface area contributed by atoms with E-state index in [1.54, 1.807) is 37.8 Å². The molecule has 0 bridgehead atoms. The van der Waals surface area contributed by atoms with Crippen molar-refractivity contribution in [2.45, 2.75) is 38.6 Å². The number of halogens is 4. The summed E-state index contributed by atoms with van der Waals surface area (Å²) in [7, 11) is 1.72. The van der Waals surface area contributed by atoms with Crippen LogP contribution in [0.3, 0.4) is 0 Å². The van der Waals surface area contributed by atoms with E-state index >= 15 is 0 Å². The standard InChI is InChI=1S/C19H20F4N4O/c1-18(2,28)16-7-14(20)4-5-15(16)17-13(10-26(3)25-17)6-12-8-24-27(9-12)11-19(21,22)23/h4-5,7-10,28H,6,11H2,1-3H3. The van der Waals surface area contributed by atoms with Crippen LogP contribution >= 0.6 is 0 Å². The third kappa shape index (κ3) is 4.59. The van der Waals surface area contributed by atoms with Crippen molar-refractivity contribution < 1.29 is 22.7 Å². The average molecular weight is 396 g/mol. The third-order valence-corrected chi connectivity index (χ3v) is 4.22. The molecule has 3 aromatic rings.